The van der Waals surface area contributed by atoms with Gasteiger partial charge in [-0.15, -0.1) is 0 Å². The van der Waals surface area contributed by atoms with Crippen molar-refractivity contribution in [3.8, 4) is 11.3 Å². The first-order valence-electron chi connectivity index (χ1n) is 9.79. The molecular weight excluding hydrogens is 311 g/mol. The molecule has 25 heavy (non-hydrogen) atoms. The molecule has 2 fully saturated rings. The van der Waals surface area contributed by atoms with E-state index in [1.165, 1.54) is 56.6 Å². The summed E-state index contributed by atoms with van der Waals surface area (Å²) in [6.07, 6.45) is 11.7. The number of allylic oxidation sites excluding steroid dienone is 1. The van der Waals surface area contributed by atoms with Crippen LogP contribution in [0.3, 0.4) is 0 Å². The molecule has 0 atom stereocenters. The number of nitrogens with zero attached hydrogens (tertiary/aromatic N) is 1. The van der Waals surface area contributed by atoms with Crippen LogP contribution in [-0.2, 0) is 6.54 Å². The fourth-order valence-corrected chi connectivity index (χ4v) is 4.42. The third-order valence-corrected chi connectivity index (χ3v) is 6.34. The highest BCUT2D eigenvalue weighted by Gasteiger charge is 2.29. The highest BCUT2D eigenvalue weighted by Crippen LogP contribution is 2.42. The number of benzene rings is 1. The number of hydrogen-bond acceptors (Lipinski definition) is 0. The van der Waals surface area contributed by atoms with Gasteiger partial charge in [-0.25, -0.2) is 4.39 Å². The Morgan fingerprint density at radius 3 is 2.44 bits per heavy atom. The lowest BCUT2D eigenvalue weighted by Gasteiger charge is -2.31. The minimum atomic E-state index is -0.141. The Bertz CT molecular complexity index is 742. The van der Waals surface area contributed by atoms with E-state index in [0.717, 1.165) is 29.6 Å². The molecule has 1 aromatic carbocycles. The largest absolute Gasteiger partial charge is 0.303 e. The molecule has 0 amide bonds. The Labute approximate surface area is 150 Å². The summed E-state index contributed by atoms with van der Waals surface area (Å²) in [5, 5.41) is 3.24. The maximum Gasteiger partial charge on any atom is 0.126 e. The molecular formula is C22H29FN2. The molecule has 3 heteroatoms. The molecule has 2 aliphatic carbocycles. The predicted molar refractivity (Wildman–Crippen MR) is 101 cm³/mol. The number of aromatic nitrogens is 2. The third-order valence-electron chi connectivity index (χ3n) is 6.34. The molecule has 0 unspecified atom stereocenters. The van der Waals surface area contributed by atoms with Crippen LogP contribution in [0.5, 0.6) is 0 Å². The molecule has 1 aromatic heterocycles. The second-order valence-corrected chi connectivity index (χ2v) is 8.21. The third kappa shape index (κ3) is 3.61. The minimum absolute atomic E-state index is 0.141. The summed E-state index contributed by atoms with van der Waals surface area (Å²) in [6, 6.07) is 5.30. The summed E-state index contributed by atoms with van der Waals surface area (Å²) in [5.41, 5.74) is 4.07. The second-order valence-electron chi connectivity index (χ2n) is 8.21. The van der Waals surface area contributed by atoms with Crippen LogP contribution in [0, 0.1) is 30.5 Å². The summed E-state index contributed by atoms with van der Waals surface area (Å²) in [6.45, 7) is 7.05. The Balaban J connectivity index is 1.36. The first-order chi connectivity index (χ1) is 12.1. The van der Waals surface area contributed by atoms with Gasteiger partial charge in [0.15, 0.2) is 0 Å². The van der Waals surface area contributed by atoms with E-state index in [9.17, 15) is 4.39 Å². The van der Waals surface area contributed by atoms with E-state index in [4.69, 9.17) is 0 Å². The molecule has 0 bridgehead atoms. The Kier molecular flexibility index (Phi) is 4.58. The Hall–Kier alpha value is -1.77. The number of aromatic amines is 1. The summed E-state index contributed by atoms with van der Waals surface area (Å²) in [5.74, 6) is 2.52. The fraction of sp³-hybridized carbons (Fsp3) is 0.545. The maximum atomic E-state index is 13.8. The summed E-state index contributed by atoms with van der Waals surface area (Å²) < 4.78 is 15.9. The fourth-order valence-electron chi connectivity index (χ4n) is 4.42. The van der Waals surface area contributed by atoms with Crippen molar-refractivity contribution in [2.45, 2.75) is 58.4 Å². The number of halogens is 1. The summed E-state index contributed by atoms with van der Waals surface area (Å²) >= 11 is 0. The highest BCUT2D eigenvalue weighted by atomic mass is 19.1. The van der Waals surface area contributed by atoms with Crippen molar-refractivity contribution < 1.29 is 4.39 Å². The smallest absolute Gasteiger partial charge is 0.126 e. The van der Waals surface area contributed by atoms with Crippen LogP contribution in [0.15, 0.2) is 36.5 Å². The van der Waals surface area contributed by atoms with Crippen LogP contribution in [0.2, 0.25) is 0 Å². The van der Waals surface area contributed by atoms with E-state index in [-0.39, 0.29) is 5.82 Å². The van der Waals surface area contributed by atoms with Gasteiger partial charge in [0.25, 0.3) is 0 Å². The van der Waals surface area contributed by atoms with Gasteiger partial charge in [-0.05, 0) is 68.4 Å². The topological polar surface area (TPSA) is 20.7 Å². The van der Waals surface area contributed by atoms with Crippen LogP contribution in [0.4, 0.5) is 4.39 Å². The van der Waals surface area contributed by atoms with E-state index >= 15 is 0 Å². The zero-order valence-electron chi connectivity index (χ0n) is 15.2. The lowest BCUT2D eigenvalue weighted by atomic mass is 9.77. The SMILES string of the molecule is C=C(Cn1[nH]cc1-c1cccc(F)c1C)C1CCC(CC2CC2)CC1. The number of H-pyrrole nitrogens is 1. The van der Waals surface area contributed by atoms with Gasteiger partial charge < -0.3 is 5.10 Å². The van der Waals surface area contributed by atoms with Gasteiger partial charge in [-0.2, -0.15) is 0 Å². The van der Waals surface area contributed by atoms with Crippen LogP contribution < -0.4 is 0 Å². The monoisotopic (exact) mass is 340 g/mol. The maximum absolute atomic E-state index is 13.8. The Morgan fingerprint density at radius 2 is 1.84 bits per heavy atom. The van der Waals surface area contributed by atoms with E-state index in [1.54, 1.807) is 6.07 Å². The molecule has 134 valence electrons. The van der Waals surface area contributed by atoms with E-state index in [0.29, 0.717) is 11.5 Å². The molecule has 0 spiro atoms. The number of rotatable bonds is 6. The van der Waals surface area contributed by atoms with Crippen LogP contribution in [0.1, 0.15) is 50.5 Å². The van der Waals surface area contributed by atoms with Gasteiger partial charge in [0.05, 0.1) is 12.2 Å². The normalized spacial score (nSPS) is 23.8. The van der Waals surface area contributed by atoms with E-state index < -0.39 is 0 Å². The molecule has 0 saturated heterocycles. The average molecular weight is 340 g/mol. The molecule has 4 rings (SSSR count). The van der Waals surface area contributed by atoms with Gasteiger partial charge >= 0.3 is 0 Å². The minimum Gasteiger partial charge on any atom is -0.303 e. The van der Waals surface area contributed by atoms with E-state index in [2.05, 4.69) is 16.4 Å². The summed E-state index contributed by atoms with van der Waals surface area (Å²) in [7, 11) is 0. The van der Waals surface area contributed by atoms with Crippen molar-refractivity contribution >= 4 is 0 Å². The lowest BCUT2D eigenvalue weighted by Crippen LogP contribution is -2.21. The van der Waals surface area contributed by atoms with Crippen molar-refractivity contribution in [3.05, 3.63) is 47.9 Å². The van der Waals surface area contributed by atoms with Crippen molar-refractivity contribution in [3.63, 3.8) is 0 Å². The van der Waals surface area contributed by atoms with Gasteiger partial charge in [0.2, 0.25) is 0 Å². The molecule has 2 saturated carbocycles. The molecule has 1 N–H and O–H groups in total. The van der Waals surface area contributed by atoms with Crippen molar-refractivity contribution in [2.75, 3.05) is 0 Å². The highest BCUT2D eigenvalue weighted by molar-refractivity contribution is 5.64. The molecule has 0 aliphatic heterocycles. The molecule has 1 heterocycles. The zero-order valence-corrected chi connectivity index (χ0v) is 15.2. The second kappa shape index (κ2) is 6.86. The first kappa shape index (κ1) is 16.7. The van der Waals surface area contributed by atoms with Crippen LogP contribution in [0.25, 0.3) is 11.3 Å². The quantitative estimate of drug-likeness (QED) is 0.614. The molecule has 2 nitrogen and oxygen atoms in total. The van der Waals surface area contributed by atoms with Crippen molar-refractivity contribution in [1.82, 2.24) is 9.78 Å². The molecule has 2 aliphatic rings. The standard InChI is InChI=1S/C22H29FN2/c1-15(19-10-8-18(9-11-19)12-17-6-7-17)14-25-22(13-24-25)20-4-3-5-21(23)16(20)2/h3-5,13,17-19,24H,1,6-12,14H2,2H3. The first-order valence-corrected chi connectivity index (χ1v) is 9.79. The number of nitrogens with one attached hydrogen (secondary N) is 1. The molecule has 2 aromatic rings. The van der Waals surface area contributed by atoms with Gasteiger partial charge in [0.1, 0.15) is 5.82 Å². The summed E-state index contributed by atoms with van der Waals surface area (Å²) in [4.78, 5) is 0. The lowest BCUT2D eigenvalue weighted by molar-refractivity contribution is 0.273. The van der Waals surface area contributed by atoms with Gasteiger partial charge in [-0.3, -0.25) is 4.68 Å². The Morgan fingerprint density at radius 1 is 1.16 bits per heavy atom. The molecule has 0 radical (unpaired) electrons. The van der Waals surface area contributed by atoms with Crippen molar-refractivity contribution in [1.29, 1.82) is 0 Å². The number of hydrogen-bond donors (Lipinski definition) is 1. The average Bonchev–Trinajstić information content (AvgIpc) is 3.40. The van der Waals surface area contributed by atoms with Gasteiger partial charge in [-0.1, -0.05) is 37.1 Å². The zero-order chi connectivity index (χ0) is 17.4. The van der Waals surface area contributed by atoms with Gasteiger partial charge in [0, 0.05) is 11.8 Å². The van der Waals surface area contributed by atoms with Crippen LogP contribution in [-0.4, -0.2) is 9.78 Å². The predicted octanol–water partition coefficient (Wildman–Crippen LogP) is 6.09. The van der Waals surface area contributed by atoms with Crippen molar-refractivity contribution in [2.24, 2.45) is 17.8 Å². The van der Waals surface area contributed by atoms with Crippen LogP contribution >= 0.6 is 0 Å². The van der Waals surface area contributed by atoms with E-state index in [1.807, 2.05) is 19.2 Å².